The van der Waals surface area contributed by atoms with E-state index >= 15 is 0 Å². The van der Waals surface area contributed by atoms with E-state index in [0.717, 1.165) is 46.5 Å². The average molecular weight is 432 g/mol. The Bertz CT molecular complexity index is 1150. The molecule has 0 unspecified atom stereocenters. The maximum Gasteiger partial charge on any atom is 0.227 e. The largest absolute Gasteiger partial charge is 0.488 e. The molecular formula is C25H22ClN3O2. The SMILES string of the molecule is O=C(Cc1ccncc1)N1CCC(=C2c3ccc(Cl)cc3OCc3cccnc32)CC1. The highest BCUT2D eigenvalue weighted by molar-refractivity contribution is 6.30. The third-order valence-corrected chi connectivity index (χ3v) is 6.14. The van der Waals surface area contributed by atoms with E-state index in [-0.39, 0.29) is 5.91 Å². The number of amides is 1. The van der Waals surface area contributed by atoms with Gasteiger partial charge in [-0.25, -0.2) is 0 Å². The van der Waals surface area contributed by atoms with Crippen molar-refractivity contribution >= 4 is 23.1 Å². The molecule has 0 spiro atoms. The number of hydrogen-bond donors (Lipinski definition) is 0. The topological polar surface area (TPSA) is 55.3 Å². The van der Waals surface area contributed by atoms with Gasteiger partial charge in [-0.3, -0.25) is 14.8 Å². The van der Waals surface area contributed by atoms with Crippen molar-refractivity contribution in [2.75, 3.05) is 13.1 Å². The first-order valence-electron chi connectivity index (χ1n) is 10.4. The Kier molecular flexibility index (Phi) is 5.43. The van der Waals surface area contributed by atoms with E-state index in [2.05, 4.69) is 11.1 Å². The second kappa shape index (κ2) is 8.52. The Labute approximate surface area is 186 Å². The van der Waals surface area contributed by atoms with E-state index in [9.17, 15) is 4.79 Å². The molecule has 156 valence electrons. The van der Waals surface area contributed by atoms with Crippen LogP contribution >= 0.6 is 11.6 Å². The van der Waals surface area contributed by atoms with E-state index < -0.39 is 0 Å². The van der Waals surface area contributed by atoms with Crippen LogP contribution in [0.4, 0.5) is 0 Å². The highest BCUT2D eigenvalue weighted by atomic mass is 35.5. The zero-order chi connectivity index (χ0) is 21.2. The van der Waals surface area contributed by atoms with Crippen LogP contribution in [0.15, 0.2) is 66.6 Å². The van der Waals surface area contributed by atoms with E-state index in [1.807, 2.05) is 47.5 Å². The zero-order valence-electron chi connectivity index (χ0n) is 17.1. The monoisotopic (exact) mass is 431 g/mol. The molecule has 1 aromatic carbocycles. The number of likely N-dealkylation sites (tertiary alicyclic amines) is 1. The minimum atomic E-state index is 0.158. The van der Waals surface area contributed by atoms with Gasteiger partial charge in [0.1, 0.15) is 12.4 Å². The van der Waals surface area contributed by atoms with E-state index in [1.54, 1.807) is 12.4 Å². The predicted molar refractivity (Wildman–Crippen MR) is 120 cm³/mol. The van der Waals surface area contributed by atoms with E-state index in [1.165, 1.54) is 5.57 Å². The number of piperidine rings is 1. The molecule has 4 heterocycles. The molecule has 2 aliphatic rings. The number of fused-ring (bicyclic) bond motifs is 2. The van der Waals surface area contributed by atoms with Gasteiger partial charge in [0.05, 0.1) is 12.1 Å². The number of nitrogens with zero attached hydrogens (tertiary/aromatic N) is 3. The third kappa shape index (κ3) is 4.06. The molecule has 2 aliphatic heterocycles. The summed E-state index contributed by atoms with van der Waals surface area (Å²) in [5, 5.41) is 0.651. The summed E-state index contributed by atoms with van der Waals surface area (Å²) in [6, 6.07) is 13.6. The fourth-order valence-corrected chi connectivity index (χ4v) is 4.47. The predicted octanol–water partition coefficient (Wildman–Crippen LogP) is 4.69. The van der Waals surface area contributed by atoms with Crippen LogP contribution in [0.5, 0.6) is 5.75 Å². The summed E-state index contributed by atoms with van der Waals surface area (Å²) in [5.74, 6) is 0.939. The van der Waals surface area contributed by atoms with Gasteiger partial charge in [0, 0.05) is 53.4 Å². The van der Waals surface area contributed by atoms with Crippen LogP contribution in [-0.4, -0.2) is 33.9 Å². The van der Waals surface area contributed by atoms with Crippen LogP contribution in [-0.2, 0) is 17.8 Å². The standard InChI is InChI=1S/C25H22ClN3O2/c26-20-3-4-21-22(15-20)31-16-19-2-1-9-28-25(19)24(21)18-7-12-29(13-8-18)23(30)14-17-5-10-27-11-6-17/h1-6,9-11,15H,7-8,12-14,16H2. The third-order valence-electron chi connectivity index (χ3n) is 5.90. The van der Waals surface area contributed by atoms with Gasteiger partial charge in [0.2, 0.25) is 5.91 Å². The molecule has 2 aromatic heterocycles. The molecule has 1 amide bonds. The van der Waals surface area contributed by atoms with Gasteiger partial charge in [-0.2, -0.15) is 0 Å². The molecule has 6 heteroatoms. The molecule has 5 nitrogen and oxygen atoms in total. The van der Waals surface area contributed by atoms with Crippen molar-refractivity contribution in [2.45, 2.75) is 25.9 Å². The highest BCUT2D eigenvalue weighted by Gasteiger charge is 2.27. The molecule has 0 saturated carbocycles. The van der Waals surface area contributed by atoms with Gasteiger partial charge in [0.25, 0.3) is 0 Å². The number of carbonyl (C=O) groups is 1. The van der Waals surface area contributed by atoms with Crippen LogP contribution in [0.3, 0.4) is 0 Å². The smallest absolute Gasteiger partial charge is 0.227 e. The van der Waals surface area contributed by atoms with E-state index in [0.29, 0.717) is 31.1 Å². The summed E-state index contributed by atoms with van der Waals surface area (Å²) in [6.45, 7) is 1.87. The van der Waals surface area contributed by atoms with Crippen molar-refractivity contribution < 1.29 is 9.53 Å². The van der Waals surface area contributed by atoms with Crippen LogP contribution in [0.2, 0.25) is 5.02 Å². The summed E-state index contributed by atoms with van der Waals surface area (Å²) in [7, 11) is 0. The zero-order valence-corrected chi connectivity index (χ0v) is 17.8. The van der Waals surface area contributed by atoms with Crippen molar-refractivity contribution in [3.8, 4) is 5.75 Å². The van der Waals surface area contributed by atoms with E-state index in [4.69, 9.17) is 21.3 Å². The normalized spacial score (nSPS) is 15.6. The van der Waals surface area contributed by atoms with Gasteiger partial charge in [-0.05, 0) is 54.8 Å². The molecule has 1 fully saturated rings. The second-order valence-corrected chi connectivity index (χ2v) is 8.27. The van der Waals surface area contributed by atoms with Gasteiger partial charge < -0.3 is 9.64 Å². The molecule has 0 radical (unpaired) electrons. The molecule has 0 bridgehead atoms. The van der Waals surface area contributed by atoms with Crippen molar-refractivity contribution in [3.05, 3.63) is 94.0 Å². The Hall–Kier alpha value is -3.18. The maximum absolute atomic E-state index is 12.8. The molecule has 0 aliphatic carbocycles. The van der Waals surface area contributed by atoms with Crippen LogP contribution < -0.4 is 4.74 Å². The molecule has 3 aromatic rings. The average Bonchev–Trinajstić information content (AvgIpc) is 2.96. The Balaban J connectivity index is 1.45. The lowest BCUT2D eigenvalue weighted by Gasteiger charge is -2.30. The fraction of sp³-hybridized carbons (Fsp3) is 0.240. The first-order chi connectivity index (χ1) is 15.2. The summed E-state index contributed by atoms with van der Waals surface area (Å²) >= 11 is 6.24. The summed E-state index contributed by atoms with van der Waals surface area (Å²) < 4.78 is 6.07. The lowest BCUT2D eigenvalue weighted by Crippen LogP contribution is -2.37. The quantitative estimate of drug-likeness (QED) is 0.590. The number of benzene rings is 1. The van der Waals surface area contributed by atoms with Crippen molar-refractivity contribution in [2.24, 2.45) is 0 Å². The van der Waals surface area contributed by atoms with Crippen LogP contribution in [0.25, 0.3) is 5.57 Å². The Morgan fingerprint density at radius 1 is 1.06 bits per heavy atom. The minimum absolute atomic E-state index is 0.158. The van der Waals surface area contributed by atoms with Crippen molar-refractivity contribution in [3.63, 3.8) is 0 Å². The maximum atomic E-state index is 12.8. The summed E-state index contributed by atoms with van der Waals surface area (Å²) in [6.07, 6.45) is 7.32. The van der Waals surface area contributed by atoms with Crippen molar-refractivity contribution in [1.82, 2.24) is 14.9 Å². The number of ether oxygens (including phenoxy) is 1. The van der Waals surface area contributed by atoms with Gasteiger partial charge in [0.15, 0.2) is 0 Å². The molecular weight excluding hydrogens is 410 g/mol. The lowest BCUT2D eigenvalue weighted by atomic mass is 9.89. The Morgan fingerprint density at radius 3 is 2.68 bits per heavy atom. The second-order valence-electron chi connectivity index (χ2n) is 7.83. The number of pyridine rings is 2. The summed E-state index contributed by atoms with van der Waals surface area (Å²) in [5.41, 5.74) is 6.48. The first-order valence-corrected chi connectivity index (χ1v) is 10.8. The van der Waals surface area contributed by atoms with Crippen molar-refractivity contribution in [1.29, 1.82) is 0 Å². The number of carbonyl (C=O) groups excluding carboxylic acids is 1. The lowest BCUT2D eigenvalue weighted by molar-refractivity contribution is -0.130. The fourth-order valence-electron chi connectivity index (χ4n) is 4.31. The number of halogens is 1. The number of rotatable bonds is 2. The van der Waals surface area contributed by atoms with Crippen LogP contribution in [0.1, 0.15) is 35.2 Å². The van der Waals surface area contributed by atoms with Gasteiger partial charge >= 0.3 is 0 Å². The van der Waals surface area contributed by atoms with Gasteiger partial charge in [-0.15, -0.1) is 0 Å². The first kappa shape index (κ1) is 19.8. The number of hydrogen-bond acceptors (Lipinski definition) is 4. The highest BCUT2D eigenvalue weighted by Crippen LogP contribution is 2.41. The number of aromatic nitrogens is 2. The minimum Gasteiger partial charge on any atom is -0.488 e. The van der Waals surface area contributed by atoms with Gasteiger partial charge in [-0.1, -0.05) is 23.2 Å². The Morgan fingerprint density at radius 2 is 1.87 bits per heavy atom. The molecule has 0 atom stereocenters. The van der Waals surface area contributed by atoms with Crippen LogP contribution in [0, 0.1) is 0 Å². The molecule has 31 heavy (non-hydrogen) atoms. The molecule has 5 rings (SSSR count). The molecule has 0 N–H and O–H groups in total. The molecule has 1 saturated heterocycles. The summed E-state index contributed by atoms with van der Waals surface area (Å²) in [4.78, 5) is 23.5.